The van der Waals surface area contributed by atoms with Crippen molar-refractivity contribution >= 4 is 5.91 Å². The third kappa shape index (κ3) is 3.96. The van der Waals surface area contributed by atoms with Gasteiger partial charge in [-0.1, -0.05) is 24.3 Å². The van der Waals surface area contributed by atoms with Gasteiger partial charge in [-0.15, -0.1) is 10.2 Å². The summed E-state index contributed by atoms with van der Waals surface area (Å²) < 4.78 is 21.2. The fraction of sp³-hybridized carbons (Fsp3) is 0.217. The molecule has 0 bridgehead atoms. The van der Waals surface area contributed by atoms with E-state index in [1.54, 1.807) is 37.3 Å². The maximum atomic E-state index is 13.8. The van der Waals surface area contributed by atoms with Gasteiger partial charge in [0.05, 0.1) is 5.69 Å². The van der Waals surface area contributed by atoms with E-state index in [1.807, 2.05) is 22.9 Å². The highest BCUT2D eigenvalue weighted by molar-refractivity contribution is 5.94. The molecule has 1 amide bonds. The summed E-state index contributed by atoms with van der Waals surface area (Å²) in [4.78, 5) is 12.7. The summed E-state index contributed by atoms with van der Waals surface area (Å²) in [5.74, 6) is 0.649. The van der Waals surface area contributed by atoms with Crippen LogP contribution in [0.2, 0.25) is 0 Å². The number of carbonyl (C=O) groups excluding carboxylic acids is 1. The standard InChI is InChI=1S/C23H20FN5O2/c1-14-26-27-23(31-14)20-12-21(15-9-10-15)29(28-20)18-7-4-6-16(11-18)22(30)25-13-17-5-2-3-8-19(17)24/h2-8,11-12,15H,9-10,13H2,1H3,(H,25,30). The van der Waals surface area contributed by atoms with E-state index in [4.69, 9.17) is 4.42 Å². The summed E-state index contributed by atoms with van der Waals surface area (Å²) in [6, 6.07) is 15.6. The van der Waals surface area contributed by atoms with Gasteiger partial charge in [0, 0.05) is 36.2 Å². The van der Waals surface area contributed by atoms with Crippen LogP contribution in [0.4, 0.5) is 4.39 Å². The zero-order chi connectivity index (χ0) is 21.4. The minimum atomic E-state index is -0.342. The van der Waals surface area contributed by atoms with Crippen LogP contribution >= 0.6 is 0 Å². The highest BCUT2D eigenvalue weighted by Crippen LogP contribution is 2.42. The predicted octanol–water partition coefficient (Wildman–Crippen LogP) is 4.18. The van der Waals surface area contributed by atoms with E-state index in [1.165, 1.54) is 6.07 Å². The van der Waals surface area contributed by atoms with Crippen LogP contribution in [-0.4, -0.2) is 25.9 Å². The van der Waals surface area contributed by atoms with Gasteiger partial charge in [-0.3, -0.25) is 4.79 Å². The molecule has 1 aliphatic rings. The number of aromatic nitrogens is 4. The number of nitrogens with zero attached hydrogens (tertiary/aromatic N) is 4. The first-order chi connectivity index (χ1) is 15.1. The lowest BCUT2D eigenvalue weighted by Crippen LogP contribution is -2.23. The highest BCUT2D eigenvalue weighted by Gasteiger charge is 2.30. The average Bonchev–Trinajstić information content (AvgIpc) is 3.38. The fourth-order valence-electron chi connectivity index (χ4n) is 3.48. The third-order valence-electron chi connectivity index (χ3n) is 5.23. The molecule has 2 aromatic carbocycles. The number of benzene rings is 2. The van der Waals surface area contributed by atoms with E-state index in [0.717, 1.165) is 24.2 Å². The maximum absolute atomic E-state index is 13.8. The molecule has 7 nitrogen and oxygen atoms in total. The Hall–Kier alpha value is -3.81. The van der Waals surface area contributed by atoms with Gasteiger partial charge < -0.3 is 9.73 Å². The molecule has 1 fully saturated rings. The number of hydrogen-bond acceptors (Lipinski definition) is 5. The number of hydrogen-bond donors (Lipinski definition) is 1. The molecule has 1 saturated carbocycles. The zero-order valence-electron chi connectivity index (χ0n) is 16.9. The Labute approximate surface area is 177 Å². The van der Waals surface area contributed by atoms with Crippen LogP contribution in [0.15, 0.2) is 59.0 Å². The summed E-state index contributed by atoms with van der Waals surface area (Å²) >= 11 is 0. The third-order valence-corrected chi connectivity index (χ3v) is 5.23. The summed E-state index contributed by atoms with van der Waals surface area (Å²) in [6.07, 6.45) is 2.19. The quantitative estimate of drug-likeness (QED) is 0.509. The lowest BCUT2D eigenvalue weighted by atomic mass is 10.1. The van der Waals surface area contributed by atoms with Crippen molar-refractivity contribution in [3.63, 3.8) is 0 Å². The molecular weight excluding hydrogens is 397 g/mol. The lowest BCUT2D eigenvalue weighted by molar-refractivity contribution is 0.0950. The predicted molar refractivity (Wildman–Crippen MR) is 111 cm³/mol. The van der Waals surface area contributed by atoms with Crippen LogP contribution in [0.3, 0.4) is 0 Å². The number of rotatable bonds is 6. The van der Waals surface area contributed by atoms with Crippen molar-refractivity contribution < 1.29 is 13.6 Å². The Bertz CT molecular complexity index is 1260. The van der Waals surface area contributed by atoms with Gasteiger partial charge in [0.25, 0.3) is 11.8 Å². The molecule has 2 heterocycles. The van der Waals surface area contributed by atoms with Gasteiger partial charge in [-0.05, 0) is 43.2 Å². The molecule has 31 heavy (non-hydrogen) atoms. The van der Waals surface area contributed by atoms with E-state index >= 15 is 0 Å². The van der Waals surface area contributed by atoms with E-state index in [2.05, 4.69) is 20.6 Å². The smallest absolute Gasteiger partial charge is 0.268 e. The molecule has 0 aliphatic heterocycles. The molecule has 0 atom stereocenters. The summed E-state index contributed by atoms with van der Waals surface area (Å²) in [7, 11) is 0. The topological polar surface area (TPSA) is 85.8 Å². The normalized spacial score (nSPS) is 13.4. The van der Waals surface area contributed by atoms with E-state index in [9.17, 15) is 9.18 Å². The molecule has 8 heteroatoms. The Balaban J connectivity index is 1.41. The maximum Gasteiger partial charge on any atom is 0.268 e. The van der Waals surface area contributed by atoms with Gasteiger partial charge in [0.2, 0.25) is 5.89 Å². The van der Waals surface area contributed by atoms with Gasteiger partial charge in [-0.2, -0.15) is 5.10 Å². The molecule has 4 aromatic rings. The second-order valence-corrected chi connectivity index (χ2v) is 7.59. The van der Waals surface area contributed by atoms with Crippen LogP contribution in [0, 0.1) is 12.7 Å². The Kier molecular flexibility index (Phi) is 4.82. The minimum absolute atomic E-state index is 0.117. The fourth-order valence-corrected chi connectivity index (χ4v) is 3.48. The van der Waals surface area contributed by atoms with Gasteiger partial charge in [-0.25, -0.2) is 9.07 Å². The molecule has 1 N–H and O–H groups in total. The van der Waals surface area contributed by atoms with E-state index in [0.29, 0.717) is 34.5 Å². The molecule has 1 aliphatic carbocycles. The van der Waals surface area contributed by atoms with Crippen LogP contribution < -0.4 is 5.32 Å². The van der Waals surface area contributed by atoms with Crippen molar-refractivity contribution in [3.8, 4) is 17.3 Å². The monoisotopic (exact) mass is 417 g/mol. The van der Waals surface area contributed by atoms with Crippen LogP contribution in [0.1, 0.15) is 46.3 Å². The van der Waals surface area contributed by atoms with Gasteiger partial charge in [0.15, 0.2) is 0 Å². The van der Waals surface area contributed by atoms with Crippen LogP contribution in [0.5, 0.6) is 0 Å². The lowest BCUT2D eigenvalue weighted by Gasteiger charge is -2.10. The number of nitrogens with one attached hydrogen (secondary N) is 1. The van der Waals surface area contributed by atoms with Gasteiger partial charge in [0.1, 0.15) is 11.5 Å². The molecule has 0 saturated heterocycles. The molecular formula is C23H20FN5O2. The first-order valence-corrected chi connectivity index (χ1v) is 10.1. The Morgan fingerprint density at radius 1 is 1.16 bits per heavy atom. The first-order valence-electron chi connectivity index (χ1n) is 10.1. The van der Waals surface area contributed by atoms with Gasteiger partial charge >= 0.3 is 0 Å². The summed E-state index contributed by atoms with van der Waals surface area (Å²) in [6.45, 7) is 1.85. The summed E-state index contributed by atoms with van der Waals surface area (Å²) in [5, 5.41) is 15.4. The van der Waals surface area contributed by atoms with Crippen molar-refractivity contribution in [2.75, 3.05) is 0 Å². The van der Waals surface area contributed by atoms with Crippen molar-refractivity contribution in [3.05, 3.63) is 83.1 Å². The Morgan fingerprint density at radius 2 is 2.00 bits per heavy atom. The van der Waals surface area contributed by atoms with Crippen molar-refractivity contribution in [1.29, 1.82) is 0 Å². The van der Waals surface area contributed by atoms with Crippen molar-refractivity contribution in [1.82, 2.24) is 25.3 Å². The van der Waals surface area contributed by atoms with Crippen molar-refractivity contribution in [2.24, 2.45) is 0 Å². The minimum Gasteiger partial charge on any atom is -0.420 e. The molecule has 156 valence electrons. The largest absolute Gasteiger partial charge is 0.420 e. The second-order valence-electron chi connectivity index (χ2n) is 7.59. The Morgan fingerprint density at radius 3 is 2.74 bits per heavy atom. The number of amides is 1. The molecule has 0 spiro atoms. The van der Waals surface area contributed by atoms with Crippen molar-refractivity contribution in [2.45, 2.75) is 32.2 Å². The van der Waals surface area contributed by atoms with E-state index in [-0.39, 0.29) is 18.3 Å². The highest BCUT2D eigenvalue weighted by atomic mass is 19.1. The second kappa shape index (κ2) is 7.79. The zero-order valence-corrected chi connectivity index (χ0v) is 16.9. The molecule has 0 radical (unpaired) electrons. The molecule has 5 rings (SSSR count). The number of carbonyl (C=O) groups is 1. The van der Waals surface area contributed by atoms with Crippen LogP contribution in [-0.2, 0) is 6.54 Å². The van der Waals surface area contributed by atoms with Crippen LogP contribution in [0.25, 0.3) is 17.3 Å². The average molecular weight is 417 g/mol. The SMILES string of the molecule is Cc1nnc(-c2cc(C3CC3)n(-c3cccc(C(=O)NCc4ccccc4F)c3)n2)o1. The number of aryl methyl sites for hydroxylation is 1. The molecule has 0 unspecified atom stereocenters. The first kappa shape index (κ1) is 19.2. The van der Waals surface area contributed by atoms with E-state index < -0.39 is 0 Å². The summed E-state index contributed by atoms with van der Waals surface area (Å²) in [5.41, 5.74) is 3.34. The number of halogens is 1. The molecule has 2 aromatic heterocycles.